The van der Waals surface area contributed by atoms with Crippen molar-refractivity contribution >= 4 is 39.0 Å². The van der Waals surface area contributed by atoms with Crippen LogP contribution in [0.15, 0.2) is 15.9 Å². The normalized spacial score (nSPS) is 28.2. The van der Waals surface area contributed by atoms with Gasteiger partial charge in [-0.05, 0) is 27.4 Å². The Morgan fingerprint density at radius 1 is 1.47 bits per heavy atom. The van der Waals surface area contributed by atoms with Gasteiger partial charge in [0.2, 0.25) is 0 Å². The van der Waals surface area contributed by atoms with Gasteiger partial charge in [0.25, 0.3) is 0 Å². The Bertz CT molecular complexity index is 359. The van der Waals surface area contributed by atoms with E-state index in [9.17, 15) is 0 Å². The lowest BCUT2D eigenvalue weighted by atomic mass is 10.1. The summed E-state index contributed by atoms with van der Waals surface area (Å²) in [6.07, 6.45) is 0. The van der Waals surface area contributed by atoms with Gasteiger partial charge in [0, 0.05) is 39.5 Å². The number of hydrogen-bond donors (Lipinski definition) is 1. The molecule has 0 bridgehead atoms. The highest BCUT2D eigenvalue weighted by atomic mass is 79.9. The Balaban J connectivity index is 2.15. The van der Waals surface area contributed by atoms with Crippen molar-refractivity contribution in [3.05, 3.63) is 20.8 Å². The van der Waals surface area contributed by atoms with Crippen molar-refractivity contribution in [1.29, 1.82) is 0 Å². The number of rotatable bonds is 3. The van der Waals surface area contributed by atoms with Crippen LogP contribution in [0, 0.1) is 0 Å². The molecule has 5 heteroatoms. The van der Waals surface area contributed by atoms with Gasteiger partial charge in [-0.3, -0.25) is 4.90 Å². The zero-order valence-corrected chi connectivity index (χ0v) is 13.4. The van der Waals surface area contributed by atoms with Gasteiger partial charge in [0.05, 0.1) is 6.04 Å². The minimum absolute atomic E-state index is 0.371. The maximum atomic E-state index is 5.99. The fraction of sp³-hybridized carbons (Fsp3) is 0.667. The van der Waals surface area contributed by atoms with Gasteiger partial charge in [0.1, 0.15) is 0 Å². The maximum Gasteiger partial charge on any atom is 0.0576 e. The van der Waals surface area contributed by atoms with Crippen LogP contribution < -0.4 is 5.73 Å². The summed E-state index contributed by atoms with van der Waals surface area (Å²) >= 11 is 7.51. The van der Waals surface area contributed by atoms with Crippen molar-refractivity contribution in [1.82, 2.24) is 4.90 Å². The third-order valence-electron chi connectivity index (χ3n) is 3.06. The number of hydrogen-bond acceptors (Lipinski definition) is 4. The van der Waals surface area contributed by atoms with Crippen molar-refractivity contribution in [2.24, 2.45) is 5.73 Å². The Morgan fingerprint density at radius 3 is 2.59 bits per heavy atom. The second-order valence-corrected chi connectivity index (χ2v) is 8.28. The summed E-state index contributed by atoms with van der Waals surface area (Å²) < 4.78 is 1.21. The summed E-state index contributed by atoms with van der Waals surface area (Å²) in [7, 11) is 0. The molecular formula is C12H19BrN2S2. The highest BCUT2D eigenvalue weighted by molar-refractivity contribution is 9.10. The van der Waals surface area contributed by atoms with Crippen LogP contribution in [0.2, 0.25) is 0 Å². The van der Waals surface area contributed by atoms with Gasteiger partial charge >= 0.3 is 0 Å². The van der Waals surface area contributed by atoms with Crippen LogP contribution >= 0.6 is 39.0 Å². The van der Waals surface area contributed by atoms with Crippen LogP contribution in [0.5, 0.6) is 0 Å². The largest absolute Gasteiger partial charge is 0.329 e. The quantitative estimate of drug-likeness (QED) is 0.919. The zero-order valence-electron chi connectivity index (χ0n) is 10.2. The van der Waals surface area contributed by atoms with E-state index >= 15 is 0 Å². The average Bonchev–Trinajstić information content (AvgIpc) is 2.65. The lowest BCUT2D eigenvalue weighted by Crippen LogP contribution is -2.44. The van der Waals surface area contributed by atoms with E-state index in [2.05, 4.69) is 57.9 Å². The smallest absolute Gasteiger partial charge is 0.0576 e. The molecule has 3 atom stereocenters. The van der Waals surface area contributed by atoms with E-state index in [-0.39, 0.29) is 0 Å². The molecule has 1 saturated heterocycles. The summed E-state index contributed by atoms with van der Waals surface area (Å²) in [5.74, 6) is 0. The highest BCUT2D eigenvalue weighted by Gasteiger charge is 2.29. The van der Waals surface area contributed by atoms with E-state index < -0.39 is 0 Å². The van der Waals surface area contributed by atoms with Gasteiger partial charge in [0.15, 0.2) is 0 Å². The molecule has 0 aliphatic carbocycles. The van der Waals surface area contributed by atoms with Gasteiger partial charge in [-0.1, -0.05) is 13.8 Å². The summed E-state index contributed by atoms with van der Waals surface area (Å²) in [4.78, 5) is 3.92. The van der Waals surface area contributed by atoms with E-state index in [4.69, 9.17) is 5.73 Å². The van der Waals surface area contributed by atoms with Gasteiger partial charge in [-0.2, -0.15) is 11.8 Å². The third-order valence-corrected chi connectivity index (χ3v) is 6.26. The number of halogens is 1. The first-order chi connectivity index (χ1) is 8.11. The minimum atomic E-state index is 0.371. The summed E-state index contributed by atoms with van der Waals surface area (Å²) in [5, 5.41) is 3.53. The Hall–Kier alpha value is 0.450. The predicted molar refractivity (Wildman–Crippen MR) is 81.9 cm³/mol. The Morgan fingerprint density at radius 2 is 2.12 bits per heavy atom. The molecule has 17 heavy (non-hydrogen) atoms. The molecule has 1 aliphatic heterocycles. The second kappa shape index (κ2) is 6.06. The second-order valence-electron chi connectivity index (χ2n) is 4.60. The molecule has 0 saturated carbocycles. The van der Waals surface area contributed by atoms with Gasteiger partial charge < -0.3 is 5.73 Å². The molecule has 2 heterocycles. The first kappa shape index (κ1) is 13.9. The minimum Gasteiger partial charge on any atom is -0.329 e. The number of nitrogens with two attached hydrogens (primary N) is 1. The zero-order chi connectivity index (χ0) is 12.4. The molecule has 0 spiro atoms. The van der Waals surface area contributed by atoms with Crippen LogP contribution in [-0.2, 0) is 0 Å². The third kappa shape index (κ3) is 3.26. The van der Waals surface area contributed by atoms with E-state index in [1.165, 1.54) is 9.35 Å². The van der Waals surface area contributed by atoms with Gasteiger partial charge in [-0.15, -0.1) is 11.3 Å². The van der Waals surface area contributed by atoms with E-state index in [1.807, 2.05) is 0 Å². The molecule has 0 aromatic carbocycles. The summed E-state index contributed by atoms with van der Waals surface area (Å²) in [6.45, 7) is 7.60. The molecule has 2 N–H and O–H groups in total. The fourth-order valence-electron chi connectivity index (χ4n) is 2.44. The molecule has 0 amide bonds. The van der Waals surface area contributed by atoms with Crippen LogP contribution in [0.25, 0.3) is 0 Å². The molecule has 2 nitrogen and oxygen atoms in total. The van der Waals surface area contributed by atoms with Crippen LogP contribution in [0.1, 0.15) is 24.8 Å². The molecule has 1 aromatic heterocycles. The topological polar surface area (TPSA) is 29.3 Å². The van der Waals surface area contributed by atoms with Crippen LogP contribution in [0.3, 0.4) is 0 Å². The SMILES string of the molecule is CC1CN(C(CN)c2sccc2Br)CC(C)S1. The molecule has 1 aromatic rings. The summed E-state index contributed by atoms with van der Waals surface area (Å²) in [5.41, 5.74) is 5.99. The molecule has 0 radical (unpaired) electrons. The molecule has 2 rings (SSSR count). The van der Waals surface area contributed by atoms with E-state index in [0.29, 0.717) is 23.1 Å². The first-order valence-corrected chi connectivity index (χ1v) is 8.55. The first-order valence-electron chi connectivity index (χ1n) is 5.94. The van der Waals surface area contributed by atoms with Crippen LogP contribution in [-0.4, -0.2) is 35.0 Å². The van der Waals surface area contributed by atoms with Gasteiger partial charge in [-0.25, -0.2) is 0 Å². The monoisotopic (exact) mass is 334 g/mol. The lowest BCUT2D eigenvalue weighted by Gasteiger charge is -2.39. The molecule has 1 aliphatic rings. The number of thiophene rings is 1. The van der Waals surface area contributed by atoms with Crippen molar-refractivity contribution in [2.45, 2.75) is 30.4 Å². The number of nitrogens with zero attached hydrogens (tertiary/aromatic N) is 1. The fourth-order valence-corrected chi connectivity index (χ4v) is 5.57. The van der Waals surface area contributed by atoms with Crippen molar-refractivity contribution in [2.75, 3.05) is 19.6 Å². The van der Waals surface area contributed by atoms with Crippen LogP contribution in [0.4, 0.5) is 0 Å². The summed E-state index contributed by atoms with van der Waals surface area (Å²) in [6, 6.07) is 2.49. The molecular weight excluding hydrogens is 316 g/mol. The Labute approximate surface area is 120 Å². The van der Waals surface area contributed by atoms with E-state index in [0.717, 1.165) is 13.1 Å². The molecule has 3 unspecified atom stereocenters. The molecule has 1 fully saturated rings. The van der Waals surface area contributed by atoms with E-state index in [1.54, 1.807) is 11.3 Å². The predicted octanol–water partition coefficient (Wildman–Crippen LogP) is 3.34. The standard InChI is InChI=1S/C12H19BrN2S2/c1-8-6-15(7-9(2)17-8)11(5-14)12-10(13)3-4-16-12/h3-4,8-9,11H,5-7,14H2,1-2H3. The molecule has 96 valence electrons. The highest BCUT2D eigenvalue weighted by Crippen LogP contribution is 2.35. The number of thioether (sulfide) groups is 1. The van der Waals surface area contributed by atoms with Crippen molar-refractivity contribution in [3.63, 3.8) is 0 Å². The van der Waals surface area contributed by atoms with Crippen molar-refractivity contribution < 1.29 is 0 Å². The lowest BCUT2D eigenvalue weighted by molar-refractivity contribution is 0.201. The van der Waals surface area contributed by atoms with Crippen molar-refractivity contribution in [3.8, 4) is 0 Å². The maximum absolute atomic E-state index is 5.99. The average molecular weight is 335 g/mol. The Kier molecular flexibility index (Phi) is 4.95.